The number of methoxy groups -OCH3 is 1. The van der Waals surface area contributed by atoms with Crippen LogP contribution in [0.15, 0.2) is 24.3 Å². The maximum atomic E-state index is 12.0. The molecule has 5 nitrogen and oxygen atoms in total. The number of amides is 2. The van der Waals surface area contributed by atoms with Crippen LogP contribution in [0.4, 0.5) is 10.5 Å². The lowest BCUT2D eigenvalue weighted by atomic mass is 10.1. The van der Waals surface area contributed by atoms with Crippen LogP contribution in [0.2, 0.25) is 0 Å². The molecule has 1 aromatic rings. The lowest BCUT2D eigenvalue weighted by Gasteiger charge is -2.17. The van der Waals surface area contributed by atoms with Crippen LogP contribution in [0.25, 0.3) is 0 Å². The summed E-state index contributed by atoms with van der Waals surface area (Å²) in [5.41, 5.74) is 6.36. The molecule has 0 radical (unpaired) electrons. The van der Waals surface area contributed by atoms with E-state index in [9.17, 15) is 4.79 Å². The lowest BCUT2D eigenvalue weighted by Crippen LogP contribution is -2.33. The minimum atomic E-state index is -0.0702. The summed E-state index contributed by atoms with van der Waals surface area (Å²) < 4.78 is 5.11. The van der Waals surface area contributed by atoms with Gasteiger partial charge in [0.25, 0.3) is 0 Å². The van der Waals surface area contributed by atoms with Crippen LogP contribution in [0.5, 0.6) is 5.75 Å². The van der Waals surface area contributed by atoms with Crippen molar-refractivity contribution in [2.24, 2.45) is 11.7 Å². The van der Waals surface area contributed by atoms with Crippen molar-refractivity contribution in [3.05, 3.63) is 24.3 Å². The molecule has 1 saturated heterocycles. The van der Waals surface area contributed by atoms with Crippen LogP contribution in [0.3, 0.4) is 0 Å². The van der Waals surface area contributed by atoms with Gasteiger partial charge in [0.1, 0.15) is 5.75 Å². The van der Waals surface area contributed by atoms with E-state index >= 15 is 0 Å². The lowest BCUT2D eigenvalue weighted by molar-refractivity contribution is 0.221. The number of anilines is 1. The number of ether oxygens (including phenoxy) is 1. The van der Waals surface area contributed by atoms with Crippen molar-refractivity contribution in [2.75, 3.05) is 32.1 Å². The molecule has 5 heteroatoms. The number of carbonyl (C=O) groups excluding carboxylic acids is 1. The van der Waals surface area contributed by atoms with E-state index in [1.807, 2.05) is 18.2 Å². The Morgan fingerprint density at radius 1 is 1.61 bits per heavy atom. The molecule has 2 amide bonds. The van der Waals surface area contributed by atoms with Crippen molar-refractivity contribution >= 4 is 11.7 Å². The Balaban J connectivity index is 1.94. The summed E-state index contributed by atoms with van der Waals surface area (Å²) in [5, 5.41) is 2.87. The number of benzene rings is 1. The Kier molecular flexibility index (Phi) is 4.04. The third kappa shape index (κ3) is 2.92. The minimum absolute atomic E-state index is 0.0702. The first-order chi connectivity index (χ1) is 8.72. The van der Waals surface area contributed by atoms with E-state index < -0.39 is 0 Å². The van der Waals surface area contributed by atoms with Crippen LogP contribution in [-0.4, -0.2) is 37.7 Å². The summed E-state index contributed by atoms with van der Waals surface area (Å²) in [6, 6.07) is 7.27. The molecule has 18 heavy (non-hydrogen) atoms. The van der Waals surface area contributed by atoms with Crippen molar-refractivity contribution in [1.82, 2.24) is 4.90 Å². The topological polar surface area (TPSA) is 67.6 Å². The first-order valence-corrected chi connectivity index (χ1v) is 6.13. The highest BCUT2D eigenvalue weighted by Crippen LogP contribution is 2.19. The average Bonchev–Trinajstić information content (AvgIpc) is 2.88. The van der Waals surface area contributed by atoms with Crippen LogP contribution >= 0.6 is 0 Å². The van der Waals surface area contributed by atoms with Crippen LogP contribution < -0.4 is 15.8 Å². The van der Waals surface area contributed by atoms with Crippen molar-refractivity contribution in [3.63, 3.8) is 0 Å². The van der Waals surface area contributed by atoms with Crippen molar-refractivity contribution < 1.29 is 9.53 Å². The van der Waals surface area contributed by atoms with E-state index in [1.165, 1.54) is 0 Å². The molecular formula is C13H19N3O2. The maximum absolute atomic E-state index is 12.0. The Hall–Kier alpha value is -1.75. The van der Waals surface area contributed by atoms with Gasteiger partial charge in [-0.3, -0.25) is 0 Å². The molecule has 1 atom stereocenters. The van der Waals surface area contributed by atoms with Crippen molar-refractivity contribution in [1.29, 1.82) is 0 Å². The number of nitrogens with zero attached hydrogens (tertiary/aromatic N) is 1. The second kappa shape index (κ2) is 5.73. The van der Waals surface area contributed by atoms with Gasteiger partial charge in [-0.05, 0) is 31.0 Å². The smallest absolute Gasteiger partial charge is 0.321 e. The number of hydrogen-bond acceptors (Lipinski definition) is 3. The quantitative estimate of drug-likeness (QED) is 0.853. The Morgan fingerprint density at radius 2 is 2.44 bits per heavy atom. The molecule has 1 fully saturated rings. The Labute approximate surface area is 107 Å². The van der Waals surface area contributed by atoms with Gasteiger partial charge in [-0.2, -0.15) is 0 Å². The molecule has 1 aliphatic rings. The SMILES string of the molecule is COc1cccc(NC(=O)N2CCC(CN)C2)c1. The molecule has 3 N–H and O–H groups in total. The standard InChI is InChI=1S/C13H19N3O2/c1-18-12-4-2-3-11(7-12)15-13(17)16-6-5-10(8-14)9-16/h2-4,7,10H,5-6,8-9,14H2,1H3,(H,15,17). The van der Waals surface area contributed by atoms with Gasteiger partial charge in [0.15, 0.2) is 0 Å². The summed E-state index contributed by atoms with van der Waals surface area (Å²) >= 11 is 0. The van der Waals surface area contributed by atoms with Crippen LogP contribution in [0, 0.1) is 5.92 Å². The van der Waals surface area contributed by atoms with Gasteiger partial charge in [0.05, 0.1) is 7.11 Å². The van der Waals surface area contributed by atoms with Crippen LogP contribution in [0.1, 0.15) is 6.42 Å². The summed E-state index contributed by atoms with van der Waals surface area (Å²) in [6.07, 6.45) is 0.988. The first-order valence-electron chi connectivity index (χ1n) is 6.13. The molecular weight excluding hydrogens is 230 g/mol. The zero-order valence-electron chi connectivity index (χ0n) is 10.6. The molecule has 98 valence electrons. The van der Waals surface area contributed by atoms with Gasteiger partial charge in [0.2, 0.25) is 0 Å². The fraction of sp³-hybridized carbons (Fsp3) is 0.462. The van der Waals surface area contributed by atoms with Gasteiger partial charge in [-0.15, -0.1) is 0 Å². The van der Waals surface area contributed by atoms with Gasteiger partial charge < -0.3 is 20.7 Å². The van der Waals surface area contributed by atoms with Gasteiger partial charge in [-0.25, -0.2) is 4.79 Å². The average molecular weight is 249 g/mol. The number of hydrogen-bond donors (Lipinski definition) is 2. The molecule has 1 aromatic carbocycles. The molecule has 1 aliphatic heterocycles. The third-order valence-corrected chi connectivity index (χ3v) is 3.23. The first kappa shape index (κ1) is 12.7. The van der Waals surface area contributed by atoms with Gasteiger partial charge in [-0.1, -0.05) is 6.07 Å². The van der Waals surface area contributed by atoms with Crippen molar-refractivity contribution in [3.8, 4) is 5.75 Å². The third-order valence-electron chi connectivity index (χ3n) is 3.23. The Morgan fingerprint density at radius 3 is 3.11 bits per heavy atom. The maximum Gasteiger partial charge on any atom is 0.321 e. The van der Waals surface area contributed by atoms with Gasteiger partial charge in [0, 0.05) is 24.8 Å². The molecule has 1 unspecified atom stereocenters. The number of urea groups is 1. The van der Waals surface area contributed by atoms with E-state index in [1.54, 1.807) is 18.1 Å². The monoisotopic (exact) mass is 249 g/mol. The molecule has 1 heterocycles. The summed E-state index contributed by atoms with van der Waals surface area (Å²) in [7, 11) is 1.60. The molecule has 0 aliphatic carbocycles. The number of carbonyl (C=O) groups is 1. The largest absolute Gasteiger partial charge is 0.497 e. The molecule has 0 saturated carbocycles. The highest BCUT2D eigenvalue weighted by molar-refractivity contribution is 5.89. The second-order valence-electron chi connectivity index (χ2n) is 4.50. The van der Waals surface area contributed by atoms with E-state index in [-0.39, 0.29) is 6.03 Å². The normalized spacial score (nSPS) is 18.8. The zero-order valence-corrected chi connectivity index (χ0v) is 10.6. The van der Waals surface area contributed by atoms with E-state index in [0.29, 0.717) is 12.5 Å². The van der Waals surface area contributed by atoms with Gasteiger partial charge >= 0.3 is 6.03 Å². The Bertz CT molecular complexity index is 422. The summed E-state index contributed by atoms with van der Waals surface area (Å²) in [4.78, 5) is 13.8. The molecule has 0 spiro atoms. The second-order valence-corrected chi connectivity index (χ2v) is 4.50. The molecule has 0 aromatic heterocycles. The highest BCUT2D eigenvalue weighted by Gasteiger charge is 2.25. The minimum Gasteiger partial charge on any atom is -0.497 e. The summed E-state index contributed by atoms with van der Waals surface area (Å²) in [5.74, 6) is 1.16. The molecule has 0 bridgehead atoms. The van der Waals surface area contributed by atoms with Crippen LogP contribution in [-0.2, 0) is 0 Å². The van der Waals surface area contributed by atoms with E-state index in [4.69, 9.17) is 10.5 Å². The van der Waals surface area contributed by atoms with Crippen molar-refractivity contribution in [2.45, 2.75) is 6.42 Å². The fourth-order valence-electron chi connectivity index (χ4n) is 2.11. The predicted octanol–water partition coefficient (Wildman–Crippen LogP) is 1.51. The summed E-state index contributed by atoms with van der Waals surface area (Å²) in [6.45, 7) is 2.16. The van der Waals surface area contributed by atoms with E-state index in [0.717, 1.165) is 30.9 Å². The number of nitrogens with one attached hydrogen (secondary N) is 1. The number of nitrogens with two attached hydrogens (primary N) is 1. The number of likely N-dealkylation sites (tertiary alicyclic amines) is 1. The predicted molar refractivity (Wildman–Crippen MR) is 70.7 cm³/mol. The zero-order chi connectivity index (χ0) is 13.0. The number of rotatable bonds is 3. The highest BCUT2D eigenvalue weighted by atomic mass is 16.5. The fourth-order valence-corrected chi connectivity index (χ4v) is 2.11. The molecule has 2 rings (SSSR count). The van der Waals surface area contributed by atoms with E-state index in [2.05, 4.69) is 5.32 Å².